The first-order valence-corrected chi connectivity index (χ1v) is 5.91. The molecule has 1 unspecified atom stereocenters. The third-order valence-electron chi connectivity index (χ3n) is 2.93. The van der Waals surface area contributed by atoms with E-state index in [1.807, 2.05) is 25.1 Å². The number of methoxy groups -OCH3 is 1. The predicted molar refractivity (Wildman–Crippen MR) is 73.8 cm³/mol. The largest absolute Gasteiger partial charge is 0.496 e. The van der Waals surface area contributed by atoms with Gasteiger partial charge >= 0.3 is 0 Å². The molecular formula is C15H15N3O. The lowest BCUT2D eigenvalue weighted by Crippen LogP contribution is -2.04. The summed E-state index contributed by atoms with van der Waals surface area (Å²) in [5.41, 5.74) is 8.76. The lowest BCUT2D eigenvalue weighted by Gasteiger charge is -2.14. The number of nitriles is 1. The molecule has 96 valence electrons. The van der Waals surface area contributed by atoms with Crippen LogP contribution in [0.4, 0.5) is 5.69 Å². The molecule has 0 radical (unpaired) electrons. The number of hydrogen-bond donors (Lipinski definition) is 1. The smallest absolute Gasteiger partial charge is 0.123 e. The number of nitrogens with zero attached hydrogens (tertiary/aromatic N) is 2. The van der Waals surface area contributed by atoms with Gasteiger partial charge in [0.05, 0.1) is 30.8 Å². The molecule has 1 aromatic carbocycles. The van der Waals surface area contributed by atoms with Crippen LogP contribution in [-0.2, 0) is 0 Å². The average Bonchev–Trinajstić information content (AvgIpc) is 2.42. The Balaban J connectivity index is 2.51. The molecule has 1 heterocycles. The molecular weight excluding hydrogens is 238 g/mol. The summed E-state index contributed by atoms with van der Waals surface area (Å²) in [6.45, 7) is 1.98. The molecule has 0 spiro atoms. The summed E-state index contributed by atoms with van der Waals surface area (Å²) in [5.74, 6) is 0.228. The van der Waals surface area contributed by atoms with Gasteiger partial charge in [-0.05, 0) is 25.1 Å². The van der Waals surface area contributed by atoms with E-state index in [0.717, 1.165) is 11.1 Å². The van der Waals surface area contributed by atoms with Crippen LogP contribution in [0.25, 0.3) is 0 Å². The number of ether oxygens (including phenoxy) is 1. The zero-order valence-electron chi connectivity index (χ0n) is 10.9. The molecule has 0 amide bonds. The van der Waals surface area contributed by atoms with E-state index < -0.39 is 5.92 Å². The Morgan fingerprint density at radius 3 is 2.68 bits per heavy atom. The summed E-state index contributed by atoms with van der Waals surface area (Å²) in [5, 5.41) is 9.44. The fourth-order valence-electron chi connectivity index (χ4n) is 1.96. The third-order valence-corrected chi connectivity index (χ3v) is 2.93. The highest BCUT2D eigenvalue weighted by Gasteiger charge is 2.19. The van der Waals surface area contributed by atoms with E-state index >= 15 is 0 Å². The minimum atomic E-state index is -0.463. The van der Waals surface area contributed by atoms with Gasteiger partial charge in [-0.2, -0.15) is 5.26 Å². The highest BCUT2D eigenvalue weighted by molar-refractivity contribution is 5.47. The number of benzene rings is 1. The van der Waals surface area contributed by atoms with Crippen LogP contribution in [0.3, 0.4) is 0 Å². The van der Waals surface area contributed by atoms with Crippen molar-refractivity contribution < 1.29 is 4.74 Å². The van der Waals surface area contributed by atoms with Crippen molar-refractivity contribution in [2.24, 2.45) is 0 Å². The first kappa shape index (κ1) is 12.9. The number of nitrogen functional groups attached to an aromatic ring is 1. The van der Waals surface area contributed by atoms with E-state index in [1.54, 1.807) is 25.4 Å². The molecule has 4 nitrogen and oxygen atoms in total. The molecule has 2 rings (SSSR count). The van der Waals surface area contributed by atoms with Crippen molar-refractivity contribution in [2.75, 3.05) is 12.8 Å². The molecule has 0 bridgehead atoms. The first-order valence-electron chi connectivity index (χ1n) is 5.91. The average molecular weight is 253 g/mol. The van der Waals surface area contributed by atoms with Crippen molar-refractivity contribution in [2.45, 2.75) is 12.8 Å². The van der Waals surface area contributed by atoms with Gasteiger partial charge in [-0.25, -0.2) is 0 Å². The van der Waals surface area contributed by atoms with Crippen molar-refractivity contribution in [3.8, 4) is 11.8 Å². The van der Waals surface area contributed by atoms with Crippen LogP contribution in [0, 0.1) is 18.3 Å². The Morgan fingerprint density at radius 1 is 1.32 bits per heavy atom. The first-order chi connectivity index (χ1) is 9.15. The molecule has 0 saturated carbocycles. The molecule has 4 heteroatoms. The summed E-state index contributed by atoms with van der Waals surface area (Å²) >= 11 is 0. The third kappa shape index (κ3) is 2.66. The second-order valence-electron chi connectivity index (χ2n) is 4.32. The second kappa shape index (κ2) is 5.40. The normalized spacial score (nSPS) is 11.6. The van der Waals surface area contributed by atoms with E-state index in [-0.39, 0.29) is 0 Å². The molecule has 2 N–H and O–H groups in total. The van der Waals surface area contributed by atoms with Crippen molar-refractivity contribution >= 4 is 5.69 Å². The Hall–Kier alpha value is -2.54. The van der Waals surface area contributed by atoms with Crippen molar-refractivity contribution in [3.63, 3.8) is 0 Å². The van der Waals surface area contributed by atoms with E-state index in [4.69, 9.17) is 10.5 Å². The van der Waals surface area contributed by atoms with Crippen LogP contribution < -0.4 is 10.5 Å². The molecule has 2 aromatic rings. The maximum atomic E-state index is 9.44. The highest BCUT2D eigenvalue weighted by Crippen LogP contribution is 2.31. The summed E-state index contributed by atoms with van der Waals surface area (Å²) in [4.78, 5) is 4.23. The molecule has 0 aliphatic rings. The van der Waals surface area contributed by atoms with Crippen molar-refractivity contribution in [3.05, 3.63) is 53.3 Å². The SMILES string of the molecule is COc1ccc(C)cc1C(C#N)c1ccc(N)cn1. The summed E-state index contributed by atoms with van der Waals surface area (Å²) < 4.78 is 5.32. The van der Waals surface area contributed by atoms with Gasteiger partial charge < -0.3 is 10.5 Å². The molecule has 0 aliphatic heterocycles. The maximum absolute atomic E-state index is 9.44. The zero-order valence-corrected chi connectivity index (χ0v) is 10.9. The van der Waals surface area contributed by atoms with Gasteiger partial charge in [0.15, 0.2) is 0 Å². The van der Waals surface area contributed by atoms with Crippen LogP contribution in [0.5, 0.6) is 5.75 Å². The topological polar surface area (TPSA) is 71.9 Å². The van der Waals surface area contributed by atoms with Crippen LogP contribution in [0.1, 0.15) is 22.7 Å². The molecule has 1 atom stereocenters. The van der Waals surface area contributed by atoms with Crippen LogP contribution >= 0.6 is 0 Å². The second-order valence-corrected chi connectivity index (χ2v) is 4.32. The number of hydrogen-bond acceptors (Lipinski definition) is 4. The molecule has 0 fully saturated rings. The maximum Gasteiger partial charge on any atom is 0.123 e. The van der Waals surface area contributed by atoms with Gasteiger partial charge in [0.1, 0.15) is 11.7 Å². The van der Waals surface area contributed by atoms with E-state index in [1.165, 1.54) is 0 Å². The Labute approximate surface area is 112 Å². The lowest BCUT2D eigenvalue weighted by molar-refractivity contribution is 0.409. The minimum absolute atomic E-state index is 0.463. The van der Waals surface area contributed by atoms with Gasteiger partial charge in [-0.3, -0.25) is 4.98 Å². The van der Waals surface area contributed by atoms with Gasteiger partial charge in [0, 0.05) is 5.56 Å². The number of aromatic nitrogens is 1. The van der Waals surface area contributed by atoms with Gasteiger partial charge in [-0.1, -0.05) is 17.7 Å². The van der Waals surface area contributed by atoms with E-state index in [2.05, 4.69) is 11.1 Å². The number of pyridine rings is 1. The fourth-order valence-corrected chi connectivity index (χ4v) is 1.96. The predicted octanol–water partition coefficient (Wildman–Crippen LogP) is 2.64. The minimum Gasteiger partial charge on any atom is -0.496 e. The van der Waals surface area contributed by atoms with Crippen LogP contribution in [0.15, 0.2) is 36.5 Å². The Morgan fingerprint density at radius 2 is 2.11 bits per heavy atom. The number of rotatable bonds is 3. The lowest BCUT2D eigenvalue weighted by atomic mass is 9.94. The van der Waals surface area contributed by atoms with Gasteiger partial charge in [-0.15, -0.1) is 0 Å². The Bertz CT molecular complexity index is 614. The van der Waals surface area contributed by atoms with Crippen molar-refractivity contribution in [1.29, 1.82) is 5.26 Å². The molecule has 19 heavy (non-hydrogen) atoms. The van der Waals surface area contributed by atoms with Gasteiger partial charge in [0.25, 0.3) is 0 Å². The quantitative estimate of drug-likeness (QED) is 0.912. The molecule has 0 aliphatic carbocycles. The summed E-state index contributed by atoms with van der Waals surface area (Å²) in [6.07, 6.45) is 1.56. The number of aryl methyl sites for hydroxylation is 1. The summed E-state index contributed by atoms with van der Waals surface area (Å²) in [6, 6.07) is 11.6. The standard InChI is InChI=1S/C15H15N3O/c1-10-3-6-15(19-2)12(7-10)13(8-16)14-5-4-11(17)9-18-14/h3-7,9,13H,17H2,1-2H3. The van der Waals surface area contributed by atoms with Gasteiger partial charge in [0.2, 0.25) is 0 Å². The summed E-state index contributed by atoms with van der Waals surface area (Å²) in [7, 11) is 1.60. The number of anilines is 1. The van der Waals surface area contributed by atoms with Crippen LogP contribution in [-0.4, -0.2) is 12.1 Å². The van der Waals surface area contributed by atoms with Crippen LogP contribution in [0.2, 0.25) is 0 Å². The molecule has 1 aromatic heterocycles. The van der Waals surface area contributed by atoms with E-state index in [0.29, 0.717) is 17.1 Å². The highest BCUT2D eigenvalue weighted by atomic mass is 16.5. The number of nitrogens with two attached hydrogens (primary N) is 1. The molecule has 0 saturated heterocycles. The van der Waals surface area contributed by atoms with E-state index in [9.17, 15) is 5.26 Å². The van der Waals surface area contributed by atoms with Crippen molar-refractivity contribution in [1.82, 2.24) is 4.98 Å². The monoisotopic (exact) mass is 253 g/mol. The fraction of sp³-hybridized carbons (Fsp3) is 0.200. The Kier molecular flexibility index (Phi) is 3.67. The zero-order chi connectivity index (χ0) is 13.8.